The van der Waals surface area contributed by atoms with Gasteiger partial charge in [-0.05, 0) is 49.6 Å². The summed E-state index contributed by atoms with van der Waals surface area (Å²) in [6.07, 6.45) is 0. The molecule has 0 saturated carbocycles. The van der Waals surface area contributed by atoms with Crippen LogP contribution < -0.4 is 5.32 Å². The van der Waals surface area contributed by atoms with E-state index in [1.807, 2.05) is 57.2 Å². The maximum atomic E-state index is 12.3. The number of hydrogen-bond acceptors (Lipinski definition) is 2. The SMILES string of the molecule is CC(=O)N(CC(=O)Nc1cc(C)cc(C)c1)Cc1ccc(C)cc1. The van der Waals surface area contributed by atoms with Crippen molar-refractivity contribution in [1.29, 1.82) is 0 Å². The Labute approximate surface area is 143 Å². The van der Waals surface area contributed by atoms with Gasteiger partial charge >= 0.3 is 0 Å². The summed E-state index contributed by atoms with van der Waals surface area (Å²) >= 11 is 0. The van der Waals surface area contributed by atoms with Gasteiger partial charge in [-0.1, -0.05) is 35.9 Å². The van der Waals surface area contributed by atoms with Crippen molar-refractivity contribution in [2.24, 2.45) is 0 Å². The number of nitrogens with zero attached hydrogens (tertiary/aromatic N) is 1. The fourth-order valence-corrected chi connectivity index (χ4v) is 2.61. The predicted molar refractivity (Wildman–Crippen MR) is 96.8 cm³/mol. The van der Waals surface area contributed by atoms with E-state index in [0.29, 0.717) is 6.54 Å². The zero-order valence-corrected chi connectivity index (χ0v) is 14.7. The van der Waals surface area contributed by atoms with Gasteiger partial charge in [0, 0.05) is 19.2 Å². The number of carbonyl (C=O) groups is 2. The van der Waals surface area contributed by atoms with E-state index in [1.54, 1.807) is 4.90 Å². The highest BCUT2D eigenvalue weighted by Crippen LogP contribution is 2.14. The summed E-state index contributed by atoms with van der Waals surface area (Å²) in [5.74, 6) is -0.312. The molecule has 4 nitrogen and oxygen atoms in total. The summed E-state index contributed by atoms with van der Waals surface area (Å²) in [5, 5.41) is 2.87. The third-order valence-electron chi connectivity index (χ3n) is 3.78. The standard InChI is InChI=1S/C20H24N2O2/c1-14-5-7-18(8-6-14)12-22(17(4)23)13-20(24)21-19-10-15(2)9-16(3)11-19/h5-11H,12-13H2,1-4H3,(H,21,24). The van der Waals surface area contributed by atoms with Crippen LogP contribution in [0.2, 0.25) is 0 Å². The van der Waals surface area contributed by atoms with E-state index in [4.69, 9.17) is 0 Å². The van der Waals surface area contributed by atoms with Crippen LogP contribution in [0.3, 0.4) is 0 Å². The minimum Gasteiger partial charge on any atom is -0.329 e. The predicted octanol–water partition coefficient (Wildman–Crippen LogP) is 3.60. The van der Waals surface area contributed by atoms with E-state index in [2.05, 4.69) is 11.4 Å². The van der Waals surface area contributed by atoms with Gasteiger partial charge in [0.15, 0.2) is 0 Å². The molecule has 24 heavy (non-hydrogen) atoms. The monoisotopic (exact) mass is 324 g/mol. The van der Waals surface area contributed by atoms with E-state index < -0.39 is 0 Å². The van der Waals surface area contributed by atoms with Crippen LogP contribution in [0.4, 0.5) is 5.69 Å². The Balaban J connectivity index is 2.02. The largest absolute Gasteiger partial charge is 0.329 e. The van der Waals surface area contributed by atoms with Gasteiger partial charge in [-0.2, -0.15) is 0 Å². The van der Waals surface area contributed by atoms with Crippen molar-refractivity contribution < 1.29 is 9.59 Å². The molecule has 2 rings (SSSR count). The van der Waals surface area contributed by atoms with Gasteiger partial charge < -0.3 is 10.2 Å². The fourth-order valence-electron chi connectivity index (χ4n) is 2.61. The van der Waals surface area contributed by atoms with Crippen LogP contribution in [0.5, 0.6) is 0 Å². The molecule has 2 aromatic rings. The molecule has 0 bridgehead atoms. The first-order chi connectivity index (χ1) is 11.3. The lowest BCUT2D eigenvalue weighted by Gasteiger charge is -2.21. The normalized spacial score (nSPS) is 10.3. The van der Waals surface area contributed by atoms with Crippen LogP contribution >= 0.6 is 0 Å². The quantitative estimate of drug-likeness (QED) is 0.913. The lowest BCUT2D eigenvalue weighted by Crippen LogP contribution is -2.36. The maximum absolute atomic E-state index is 12.3. The molecule has 0 fully saturated rings. The molecule has 0 unspecified atom stereocenters. The third-order valence-corrected chi connectivity index (χ3v) is 3.78. The molecule has 0 heterocycles. The van der Waals surface area contributed by atoms with E-state index in [1.165, 1.54) is 12.5 Å². The Hall–Kier alpha value is -2.62. The third kappa shape index (κ3) is 5.23. The lowest BCUT2D eigenvalue weighted by molar-refractivity contribution is -0.133. The highest BCUT2D eigenvalue weighted by atomic mass is 16.2. The van der Waals surface area contributed by atoms with E-state index >= 15 is 0 Å². The molecular formula is C20H24N2O2. The average Bonchev–Trinajstić information content (AvgIpc) is 2.47. The molecule has 0 atom stereocenters. The number of carbonyl (C=O) groups excluding carboxylic acids is 2. The van der Waals surface area contributed by atoms with Crippen molar-refractivity contribution in [3.05, 3.63) is 64.7 Å². The van der Waals surface area contributed by atoms with Gasteiger partial charge in [0.25, 0.3) is 0 Å². The number of hydrogen-bond donors (Lipinski definition) is 1. The van der Waals surface area contributed by atoms with Crippen LogP contribution in [0.15, 0.2) is 42.5 Å². The Morgan fingerprint density at radius 3 is 2.04 bits per heavy atom. The summed E-state index contributed by atoms with van der Waals surface area (Å²) in [4.78, 5) is 25.7. The van der Waals surface area contributed by atoms with Gasteiger partial charge in [-0.3, -0.25) is 9.59 Å². The van der Waals surface area contributed by atoms with E-state index in [-0.39, 0.29) is 18.4 Å². The molecular weight excluding hydrogens is 300 g/mol. The Morgan fingerprint density at radius 2 is 1.50 bits per heavy atom. The van der Waals surface area contributed by atoms with Gasteiger partial charge in [0.1, 0.15) is 6.54 Å². The summed E-state index contributed by atoms with van der Waals surface area (Å²) in [7, 11) is 0. The van der Waals surface area contributed by atoms with Crippen LogP contribution in [0, 0.1) is 20.8 Å². The second-order valence-electron chi connectivity index (χ2n) is 6.29. The molecule has 2 amide bonds. The second-order valence-corrected chi connectivity index (χ2v) is 6.29. The summed E-state index contributed by atoms with van der Waals surface area (Å²) in [6, 6.07) is 13.9. The molecule has 0 radical (unpaired) electrons. The minimum atomic E-state index is -0.192. The molecule has 0 aromatic heterocycles. The number of amides is 2. The first kappa shape index (κ1) is 17.7. The summed E-state index contributed by atoms with van der Waals surface area (Å²) in [6.45, 7) is 7.94. The Kier molecular flexibility index (Phi) is 5.74. The molecule has 0 spiro atoms. The number of benzene rings is 2. The first-order valence-electron chi connectivity index (χ1n) is 8.02. The second kappa shape index (κ2) is 7.77. The highest BCUT2D eigenvalue weighted by molar-refractivity contribution is 5.94. The van der Waals surface area contributed by atoms with Crippen LogP contribution in [0.25, 0.3) is 0 Å². The van der Waals surface area contributed by atoms with Crippen molar-refractivity contribution in [2.75, 3.05) is 11.9 Å². The Bertz CT molecular complexity index is 716. The zero-order chi connectivity index (χ0) is 17.7. The maximum Gasteiger partial charge on any atom is 0.244 e. The van der Waals surface area contributed by atoms with Gasteiger partial charge in [0.05, 0.1) is 0 Å². The average molecular weight is 324 g/mol. The number of aryl methyl sites for hydroxylation is 3. The molecule has 0 aliphatic rings. The van der Waals surface area contributed by atoms with Crippen molar-refractivity contribution in [3.63, 3.8) is 0 Å². The highest BCUT2D eigenvalue weighted by Gasteiger charge is 2.14. The van der Waals surface area contributed by atoms with Gasteiger partial charge in [-0.15, -0.1) is 0 Å². The lowest BCUT2D eigenvalue weighted by atomic mass is 10.1. The minimum absolute atomic E-state index is 0.0379. The molecule has 4 heteroatoms. The van der Waals surface area contributed by atoms with Crippen LogP contribution in [-0.4, -0.2) is 23.3 Å². The van der Waals surface area contributed by atoms with Crippen molar-refractivity contribution in [2.45, 2.75) is 34.2 Å². The number of nitrogens with one attached hydrogen (secondary N) is 1. The molecule has 0 aliphatic heterocycles. The smallest absolute Gasteiger partial charge is 0.244 e. The fraction of sp³-hybridized carbons (Fsp3) is 0.300. The van der Waals surface area contributed by atoms with Gasteiger partial charge in [-0.25, -0.2) is 0 Å². The van der Waals surface area contributed by atoms with Crippen molar-refractivity contribution >= 4 is 17.5 Å². The number of rotatable bonds is 5. The topological polar surface area (TPSA) is 49.4 Å². The van der Waals surface area contributed by atoms with Crippen LogP contribution in [-0.2, 0) is 16.1 Å². The van der Waals surface area contributed by atoms with Crippen molar-refractivity contribution in [1.82, 2.24) is 4.90 Å². The Morgan fingerprint density at radius 1 is 0.917 bits per heavy atom. The summed E-state index contributed by atoms with van der Waals surface area (Å²) in [5.41, 5.74) is 5.12. The van der Waals surface area contributed by atoms with Crippen molar-refractivity contribution in [3.8, 4) is 0 Å². The molecule has 0 saturated heterocycles. The first-order valence-corrected chi connectivity index (χ1v) is 8.02. The molecule has 2 aromatic carbocycles. The molecule has 1 N–H and O–H groups in total. The van der Waals surface area contributed by atoms with Crippen LogP contribution in [0.1, 0.15) is 29.2 Å². The van der Waals surface area contributed by atoms with E-state index in [0.717, 1.165) is 22.4 Å². The van der Waals surface area contributed by atoms with Gasteiger partial charge in [0.2, 0.25) is 11.8 Å². The zero-order valence-electron chi connectivity index (χ0n) is 14.7. The summed E-state index contributed by atoms with van der Waals surface area (Å²) < 4.78 is 0. The number of anilines is 1. The molecule has 0 aliphatic carbocycles. The molecule has 126 valence electrons. The van der Waals surface area contributed by atoms with E-state index in [9.17, 15) is 9.59 Å².